The Morgan fingerprint density at radius 3 is 2.79 bits per heavy atom. The van der Waals surface area contributed by atoms with Crippen LogP contribution in [0.3, 0.4) is 0 Å². The van der Waals surface area contributed by atoms with E-state index in [0.29, 0.717) is 13.2 Å². The summed E-state index contributed by atoms with van der Waals surface area (Å²) in [5.74, 6) is 1.58. The largest absolute Gasteiger partial charge is 0.486 e. The fourth-order valence-corrected chi connectivity index (χ4v) is 3.60. The molecule has 0 saturated carbocycles. The fourth-order valence-electron chi connectivity index (χ4n) is 3.60. The van der Waals surface area contributed by atoms with Crippen LogP contribution in [0.2, 0.25) is 0 Å². The predicted octanol–water partition coefficient (Wildman–Crippen LogP) is 3.17. The van der Waals surface area contributed by atoms with Crippen LogP contribution in [0.5, 0.6) is 11.5 Å². The Morgan fingerprint density at radius 2 is 1.96 bits per heavy atom. The zero-order valence-electron chi connectivity index (χ0n) is 16.7. The van der Waals surface area contributed by atoms with E-state index in [4.69, 9.17) is 14.6 Å². The molecule has 4 rings (SSSR count). The van der Waals surface area contributed by atoms with Crippen molar-refractivity contribution in [3.8, 4) is 22.8 Å². The number of fused-ring (bicyclic) bond motifs is 1. The van der Waals surface area contributed by atoms with E-state index in [1.54, 1.807) is 0 Å². The van der Waals surface area contributed by atoms with Gasteiger partial charge in [0.25, 0.3) is 0 Å². The van der Waals surface area contributed by atoms with Crippen LogP contribution in [0.25, 0.3) is 11.3 Å². The van der Waals surface area contributed by atoms with Gasteiger partial charge < -0.3 is 9.47 Å². The quantitative estimate of drug-likeness (QED) is 0.681. The highest BCUT2D eigenvalue weighted by Crippen LogP contribution is 2.35. The minimum atomic E-state index is 0.582. The van der Waals surface area contributed by atoms with E-state index < -0.39 is 0 Å². The maximum atomic E-state index is 5.73. The van der Waals surface area contributed by atoms with Gasteiger partial charge in [0.1, 0.15) is 13.2 Å². The van der Waals surface area contributed by atoms with Crippen molar-refractivity contribution in [2.75, 3.05) is 20.3 Å². The van der Waals surface area contributed by atoms with Crippen molar-refractivity contribution in [1.82, 2.24) is 24.9 Å². The van der Waals surface area contributed by atoms with Crippen LogP contribution in [0.4, 0.5) is 0 Å². The van der Waals surface area contributed by atoms with Crippen molar-refractivity contribution in [1.29, 1.82) is 0 Å². The highest BCUT2D eigenvalue weighted by molar-refractivity contribution is 5.66. The molecular weight excluding hydrogens is 354 g/mol. The van der Waals surface area contributed by atoms with Crippen molar-refractivity contribution in [2.45, 2.75) is 32.9 Å². The molecule has 1 aliphatic rings. The molecule has 2 aromatic heterocycles. The van der Waals surface area contributed by atoms with Gasteiger partial charge in [-0.25, -0.2) is 0 Å². The molecule has 0 amide bonds. The van der Waals surface area contributed by atoms with Gasteiger partial charge in [-0.2, -0.15) is 10.2 Å². The molecule has 0 spiro atoms. The second-order valence-electron chi connectivity index (χ2n) is 7.34. The number of ether oxygens (including phenoxy) is 2. The maximum absolute atomic E-state index is 5.73. The average molecular weight is 381 g/mol. The zero-order valence-corrected chi connectivity index (χ0v) is 16.7. The number of H-pyrrole nitrogens is 1. The molecular formula is C21H27N5O2. The molecule has 0 aliphatic carbocycles. The minimum absolute atomic E-state index is 0.582. The van der Waals surface area contributed by atoms with Gasteiger partial charge in [0, 0.05) is 43.2 Å². The molecule has 1 aromatic carbocycles. The number of benzene rings is 1. The van der Waals surface area contributed by atoms with Crippen molar-refractivity contribution in [3.63, 3.8) is 0 Å². The summed E-state index contributed by atoms with van der Waals surface area (Å²) >= 11 is 0. The Kier molecular flexibility index (Phi) is 5.34. The van der Waals surface area contributed by atoms with E-state index in [-0.39, 0.29) is 0 Å². The summed E-state index contributed by atoms with van der Waals surface area (Å²) in [6.45, 7) is 4.95. The number of aromatic amines is 1. The van der Waals surface area contributed by atoms with E-state index >= 15 is 0 Å². The maximum Gasteiger partial charge on any atom is 0.162 e. The minimum Gasteiger partial charge on any atom is -0.486 e. The summed E-state index contributed by atoms with van der Waals surface area (Å²) < 4.78 is 13.2. The number of rotatable bonds is 7. The molecule has 0 radical (unpaired) electrons. The summed E-state index contributed by atoms with van der Waals surface area (Å²) in [6, 6.07) is 8.19. The van der Waals surface area contributed by atoms with Crippen LogP contribution in [-0.4, -0.2) is 45.1 Å². The lowest BCUT2D eigenvalue weighted by molar-refractivity contribution is 0.171. The van der Waals surface area contributed by atoms with Gasteiger partial charge in [-0.1, -0.05) is 13.3 Å². The van der Waals surface area contributed by atoms with Gasteiger partial charge in [-0.15, -0.1) is 0 Å². The monoisotopic (exact) mass is 381 g/mol. The van der Waals surface area contributed by atoms with Crippen LogP contribution in [-0.2, 0) is 26.6 Å². The van der Waals surface area contributed by atoms with Gasteiger partial charge in [0.2, 0.25) is 0 Å². The van der Waals surface area contributed by atoms with E-state index in [1.807, 2.05) is 29.9 Å². The van der Waals surface area contributed by atoms with E-state index in [1.165, 1.54) is 5.56 Å². The van der Waals surface area contributed by atoms with Crippen molar-refractivity contribution >= 4 is 0 Å². The lowest BCUT2D eigenvalue weighted by Gasteiger charge is -2.19. The third-order valence-corrected chi connectivity index (χ3v) is 4.79. The molecule has 3 aromatic rings. The zero-order chi connectivity index (χ0) is 19.5. The standard InChI is InChI=1S/C21H27N5O2/c1-4-5-17-11-18(23-22-17)14-25(2)12-16-13-26(3)24-21(16)15-6-7-19-20(10-15)28-9-8-27-19/h6-7,10-11,13H,4-5,8-9,12,14H2,1-3H3,(H,22,23). The summed E-state index contributed by atoms with van der Waals surface area (Å²) in [5, 5.41) is 12.2. The van der Waals surface area contributed by atoms with Gasteiger partial charge in [-0.3, -0.25) is 14.7 Å². The van der Waals surface area contributed by atoms with Crippen LogP contribution < -0.4 is 9.47 Å². The highest BCUT2D eigenvalue weighted by atomic mass is 16.6. The van der Waals surface area contributed by atoms with Crippen LogP contribution >= 0.6 is 0 Å². The molecule has 7 heteroatoms. The summed E-state index contributed by atoms with van der Waals surface area (Å²) in [5.41, 5.74) is 5.46. The van der Waals surface area contributed by atoms with Gasteiger partial charge in [-0.05, 0) is 37.7 Å². The fraction of sp³-hybridized carbons (Fsp3) is 0.429. The van der Waals surface area contributed by atoms with Crippen molar-refractivity contribution < 1.29 is 9.47 Å². The second-order valence-corrected chi connectivity index (χ2v) is 7.34. The molecule has 3 heterocycles. The first-order valence-electron chi connectivity index (χ1n) is 9.76. The molecule has 0 fully saturated rings. The summed E-state index contributed by atoms with van der Waals surface area (Å²) in [4.78, 5) is 2.27. The molecule has 1 N–H and O–H groups in total. The summed E-state index contributed by atoms with van der Waals surface area (Å²) in [6.07, 6.45) is 4.20. The SMILES string of the molecule is CCCc1cc(CN(C)Cc2cn(C)nc2-c2ccc3c(c2)OCCO3)[nH]n1. The second kappa shape index (κ2) is 8.06. The Bertz CT molecular complexity index is 946. The van der Waals surface area contributed by atoms with Gasteiger partial charge in [0.15, 0.2) is 11.5 Å². The number of hydrogen-bond donors (Lipinski definition) is 1. The van der Waals surface area contributed by atoms with Crippen LogP contribution in [0, 0.1) is 0 Å². The third kappa shape index (κ3) is 4.04. The Labute approximate surface area is 165 Å². The molecule has 1 aliphatic heterocycles. The third-order valence-electron chi connectivity index (χ3n) is 4.79. The number of nitrogens with one attached hydrogen (secondary N) is 1. The smallest absolute Gasteiger partial charge is 0.162 e. The predicted molar refractivity (Wildman–Crippen MR) is 107 cm³/mol. The van der Waals surface area contributed by atoms with Gasteiger partial charge in [0.05, 0.1) is 11.4 Å². The van der Waals surface area contributed by atoms with Crippen molar-refractivity contribution in [2.24, 2.45) is 7.05 Å². The lowest BCUT2D eigenvalue weighted by Crippen LogP contribution is -2.17. The molecule has 0 saturated heterocycles. The Balaban J connectivity index is 1.51. The molecule has 7 nitrogen and oxygen atoms in total. The average Bonchev–Trinajstić information content (AvgIpc) is 3.27. The number of aryl methyl sites for hydroxylation is 2. The summed E-state index contributed by atoms with van der Waals surface area (Å²) in [7, 11) is 4.07. The van der Waals surface area contributed by atoms with Crippen LogP contribution in [0.1, 0.15) is 30.3 Å². The normalized spacial score (nSPS) is 13.3. The number of nitrogens with zero attached hydrogens (tertiary/aromatic N) is 4. The first-order valence-corrected chi connectivity index (χ1v) is 9.76. The molecule has 148 valence electrons. The van der Waals surface area contributed by atoms with Crippen molar-refractivity contribution in [3.05, 3.63) is 47.4 Å². The van der Waals surface area contributed by atoms with E-state index in [9.17, 15) is 0 Å². The number of hydrogen-bond acceptors (Lipinski definition) is 5. The lowest BCUT2D eigenvalue weighted by atomic mass is 10.1. The first kappa shape index (κ1) is 18.6. The Hall–Kier alpha value is -2.80. The highest BCUT2D eigenvalue weighted by Gasteiger charge is 2.17. The van der Waals surface area contributed by atoms with Crippen LogP contribution in [0.15, 0.2) is 30.5 Å². The van der Waals surface area contributed by atoms with E-state index in [0.717, 1.165) is 60.1 Å². The molecule has 0 unspecified atom stereocenters. The molecule has 0 bridgehead atoms. The number of aromatic nitrogens is 4. The topological polar surface area (TPSA) is 68.2 Å². The van der Waals surface area contributed by atoms with Gasteiger partial charge >= 0.3 is 0 Å². The van der Waals surface area contributed by atoms with E-state index in [2.05, 4.69) is 41.3 Å². The molecule has 28 heavy (non-hydrogen) atoms. The first-order chi connectivity index (χ1) is 13.6. The Morgan fingerprint density at radius 1 is 1.14 bits per heavy atom. The molecule has 0 atom stereocenters.